The Labute approximate surface area is 144 Å². The third-order valence-electron chi connectivity index (χ3n) is 3.15. The molecule has 0 saturated heterocycles. The van der Waals surface area contributed by atoms with Crippen LogP contribution in [0.15, 0.2) is 60.7 Å². The van der Waals surface area contributed by atoms with Crippen LogP contribution in [0.4, 0.5) is 0 Å². The Balaban J connectivity index is 0.00000400. The van der Waals surface area contributed by atoms with Crippen molar-refractivity contribution in [3.05, 3.63) is 78.3 Å². The van der Waals surface area contributed by atoms with Crippen LogP contribution in [-0.4, -0.2) is 0 Å². The number of allylic oxidation sites excluding steroid dienone is 5. The molecule has 115 valence electrons. The summed E-state index contributed by atoms with van der Waals surface area (Å²) in [6, 6.07) is 8.83. The summed E-state index contributed by atoms with van der Waals surface area (Å²) in [4.78, 5) is 0. The van der Waals surface area contributed by atoms with E-state index in [1.54, 1.807) is 0 Å². The third kappa shape index (κ3) is 8.10. The number of rotatable bonds is 7. The van der Waals surface area contributed by atoms with Crippen LogP contribution in [0.5, 0.6) is 0 Å². The van der Waals surface area contributed by atoms with Crippen molar-refractivity contribution >= 4 is 0 Å². The van der Waals surface area contributed by atoms with Crippen molar-refractivity contribution in [3.8, 4) is 0 Å². The van der Waals surface area contributed by atoms with Gasteiger partial charge in [-0.05, 0) is 17.9 Å². The number of hydrogen-bond acceptors (Lipinski definition) is 0. The number of benzene rings is 1. The van der Waals surface area contributed by atoms with Gasteiger partial charge >= 0.3 is 0 Å². The minimum absolute atomic E-state index is 0. The Morgan fingerprint density at radius 2 is 1.76 bits per heavy atom. The Kier molecular flexibility index (Phi) is 10.1. The van der Waals surface area contributed by atoms with Crippen LogP contribution in [-0.2, 0) is 26.8 Å². The van der Waals surface area contributed by atoms with Gasteiger partial charge in [-0.1, -0.05) is 70.1 Å². The zero-order chi connectivity index (χ0) is 15.0. The van der Waals surface area contributed by atoms with Crippen molar-refractivity contribution in [3.63, 3.8) is 0 Å². The maximum Gasteiger partial charge on any atom is 0 e. The Morgan fingerprint density at radius 1 is 1.14 bits per heavy atom. The summed E-state index contributed by atoms with van der Waals surface area (Å²) in [5.74, 6) is 1.13. The van der Waals surface area contributed by atoms with Gasteiger partial charge in [0.05, 0.1) is 0 Å². The predicted molar refractivity (Wildman–Crippen MR) is 90.6 cm³/mol. The molecule has 1 heteroatoms. The summed E-state index contributed by atoms with van der Waals surface area (Å²) >= 11 is 0. The normalized spacial score (nSPS) is 11.8. The smallest absolute Gasteiger partial charge is 0 e. The molecule has 0 aliphatic carbocycles. The molecule has 0 heterocycles. The molecule has 0 atom stereocenters. The minimum atomic E-state index is 0. The van der Waals surface area contributed by atoms with Gasteiger partial charge in [0.1, 0.15) is 0 Å². The van der Waals surface area contributed by atoms with Crippen molar-refractivity contribution in [2.75, 3.05) is 0 Å². The van der Waals surface area contributed by atoms with Crippen molar-refractivity contribution in [2.45, 2.75) is 34.1 Å². The first kappa shape index (κ1) is 20.0. The van der Waals surface area contributed by atoms with Crippen LogP contribution in [0.3, 0.4) is 0 Å². The molecule has 0 amide bonds. The fourth-order valence-electron chi connectivity index (χ4n) is 2.06. The molecule has 0 aliphatic heterocycles. The van der Waals surface area contributed by atoms with E-state index in [1.807, 2.05) is 6.08 Å². The molecule has 0 nitrogen and oxygen atoms in total. The standard InChI is InChI=1S/C20H27.Re/c1-6-8-20(17(4)5)10-7-9-18-11-13-19(14-12-18)15-16(2)3;/h6-8,10-17H,1,9H2,2-5H3;/q-1;/b10-7-,20-8+;. The molecular formula is C20H27Re-. The van der Waals surface area contributed by atoms with Crippen LogP contribution in [0.1, 0.15) is 38.8 Å². The van der Waals surface area contributed by atoms with E-state index in [0.717, 1.165) is 6.42 Å². The fourth-order valence-corrected chi connectivity index (χ4v) is 2.06. The largest absolute Gasteiger partial charge is 0.192 e. The summed E-state index contributed by atoms with van der Waals surface area (Å²) in [6.07, 6.45) is 11.6. The van der Waals surface area contributed by atoms with Gasteiger partial charge in [0.25, 0.3) is 0 Å². The van der Waals surface area contributed by atoms with Crippen LogP contribution in [0.25, 0.3) is 0 Å². The van der Waals surface area contributed by atoms with Crippen molar-refractivity contribution in [1.82, 2.24) is 0 Å². The van der Waals surface area contributed by atoms with E-state index in [0.29, 0.717) is 11.8 Å². The predicted octanol–water partition coefficient (Wildman–Crippen LogP) is 5.76. The first-order valence-electron chi connectivity index (χ1n) is 7.46. The molecule has 0 aliphatic rings. The van der Waals surface area contributed by atoms with E-state index in [4.69, 9.17) is 0 Å². The van der Waals surface area contributed by atoms with Crippen molar-refractivity contribution < 1.29 is 20.4 Å². The van der Waals surface area contributed by atoms with E-state index in [1.165, 1.54) is 16.7 Å². The molecule has 0 fully saturated rings. The van der Waals surface area contributed by atoms with Crippen LogP contribution in [0, 0.1) is 18.3 Å². The molecule has 0 unspecified atom stereocenters. The average Bonchev–Trinajstić information content (AvgIpc) is 2.39. The summed E-state index contributed by atoms with van der Waals surface area (Å²) in [5, 5.41) is 0. The van der Waals surface area contributed by atoms with Gasteiger partial charge in [-0.25, -0.2) is 0 Å². The van der Waals surface area contributed by atoms with Crippen molar-refractivity contribution in [1.29, 1.82) is 0 Å². The topological polar surface area (TPSA) is 0 Å². The Hall–Kier alpha value is -1.03. The van der Waals surface area contributed by atoms with Crippen LogP contribution in [0.2, 0.25) is 0 Å². The second-order valence-corrected chi connectivity index (χ2v) is 5.82. The molecule has 0 bridgehead atoms. The first-order valence-corrected chi connectivity index (χ1v) is 7.46. The van der Waals surface area contributed by atoms with Crippen LogP contribution < -0.4 is 0 Å². The summed E-state index contributed by atoms with van der Waals surface area (Å²) in [5.41, 5.74) is 3.98. The minimum Gasteiger partial charge on any atom is -0.192 e. The third-order valence-corrected chi connectivity index (χ3v) is 3.15. The van der Waals surface area contributed by atoms with Gasteiger partial charge in [0.2, 0.25) is 0 Å². The molecule has 1 aromatic carbocycles. The molecule has 0 aromatic heterocycles. The van der Waals surface area contributed by atoms with Gasteiger partial charge in [-0.15, -0.1) is 12.1 Å². The maximum atomic E-state index is 3.77. The molecule has 1 rings (SSSR count). The van der Waals surface area contributed by atoms with Gasteiger partial charge in [-0.3, -0.25) is 0 Å². The Bertz CT molecular complexity index is 461. The monoisotopic (exact) mass is 454 g/mol. The fraction of sp³-hybridized carbons (Fsp3) is 0.350. The van der Waals surface area contributed by atoms with Crippen LogP contribution >= 0.6 is 0 Å². The SMILES string of the molecule is C=C/C=C(\C=C/Cc1ccc([CH-]C(C)C)cc1)C(C)C.[Re]. The average molecular weight is 454 g/mol. The van der Waals surface area contributed by atoms with E-state index in [-0.39, 0.29) is 20.4 Å². The zero-order valence-corrected chi connectivity index (χ0v) is 16.4. The first-order chi connectivity index (χ1) is 9.52. The van der Waals surface area contributed by atoms with Crippen molar-refractivity contribution in [2.24, 2.45) is 11.8 Å². The number of hydrogen-bond donors (Lipinski definition) is 0. The van der Waals surface area contributed by atoms with E-state index in [9.17, 15) is 0 Å². The van der Waals surface area contributed by atoms with Gasteiger partial charge in [0, 0.05) is 20.4 Å². The maximum absolute atomic E-state index is 3.77. The Morgan fingerprint density at radius 3 is 2.24 bits per heavy atom. The van der Waals surface area contributed by atoms with E-state index >= 15 is 0 Å². The summed E-state index contributed by atoms with van der Waals surface area (Å²) < 4.78 is 0. The summed E-state index contributed by atoms with van der Waals surface area (Å²) in [6.45, 7) is 12.6. The molecule has 0 spiro atoms. The summed E-state index contributed by atoms with van der Waals surface area (Å²) in [7, 11) is 0. The second kappa shape index (κ2) is 10.7. The quantitative estimate of drug-likeness (QED) is 0.364. The second-order valence-electron chi connectivity index (χ2n) is 5.82. The zero-order valence-electron chi connectivity index (χ0n) is 13.6. The molecule has 0 N–H and O–H groups in total. The molecule has 21 heavy (non-hydrogen) atoms. The van der Waals surface area contributed by atoms with Gasteiger partial charge in [-0.2, -0.15) is 24.1 Å². The van der Waals surface area contributed by atoms with E-state index in [2.05, 4.69) is 83.2 Å². The molecule has 1 aromatic rings. The molecular weight excluding hydrogens is 426 g/mol. The van der Waals surface area contributed by atoms with Gasteiger partial charge in [0.15, 0.2) is 0 Å². The molecule has 0 saturated carbocycles. The molecule has 1 radical (unpaired) electrons. The van der Waals surface area contributed by atoms with Gasteiger partial charge < -0.3 is 0 Å². The van der Waals surface area contributed by atoms with E-state index < -0.39 is 0 Å².